The zero-order valence-electron chi connectivity index (χ0n) is 10.5. The van der Waals surface area contributed by atoms with Crippen molar-refractivity contribution in [2.24, 2.45) is 5.92 Å². The van der Waals surface area contributed by atoms with E-state index in [1.165, 1.54) is 6.33 Å². The number of tetrazole rings is 1. The summed E-state index contributed by atoms with van der Waals surface area (Å²) in [5.41, 5.74) is 2.62. The molecule has 7 heteroatoms. The molecular weight excluding hydrogens is 244 g/mol. The highest BCUT2D eigenvalue weighted by Crippen LogP contribution is 2.20. The molecule has 2 N–H and O–H groups in total. The van der Waals surface area contributed by atoms with Crippen molar-refractivity contribution >= 4 is 11.6 Å². The predicted molar refractivity (Wildman–Crippen MR) is 68.9 cm³/mol. The van der Waals surface area contributed by atoms with Gasteiger partial charge in [0.2, 0.25) is 5.91 Å². The normalized spacial score (nSPS) is 15.0. The molecule has 7 nitrogen and oxygen atoms in total. The van der Waals surface area contributed by atoms with Gasteiger partial charge in [-0.2, -0.15) is 0 Å². The number of carbonyl (C=O) groups is 1. The van der Waals surface area contributed by atoms with E-state index in [-0.39, 0.29) is 11.8 Å². The van der Waals surface area contributed by atoms with E-state index in [2.05, 4.69) is 26.2 Å². The van der Waals surface area contributed by atoms with Crippen LogP contribution in [0.5, 0.6) is 0 Å². The van der Waals surface area contributed by atoms with E-state index in [0.717, 1.165) is 30.0 Å². The van der Waals surface area contributed by atoms with Crippen molar-refractivity contribution in [1.29, 1.82) is 0 Å². The lowest BCUT2D eigenvalue weighted by molar-refractivity contribution is -0.121. The predicted octanol–water partition coefficient (Wildman–Crippen LogP) is 0.129. The number of benzene rings is 1. The van der Waals surface area contributed by atoms with E-state index in [9.17, 15) is 4.79 Å². The van der Waals surface area contributed by atoms with Crippen LogP contribution >= 0.6 is 0 Å². The molecule has 0 saturated carbocycles. The van der Waals surface area contributed by atoms with Gasteiger partial charge in [-0.05, 0) is 35.0 Å². The first kappa shape index (κ1) is 11.8. The standard InChI is InChI=1S/C12H14N6O/c1-8-2-3-10(18-7-14-16-17-18)4-11(8)15-12(19)9-5-13-6-9/h2-4,7,9,13H,5-6H2,1H3,(H,15,19). The summed E-state index contributed by atoms with van der Waals surface area (Å²) < 4.78 is 1.56. The average Bonchev–Trinajstić information content (AvgIpc) is 2.83. The third kappa shape index (κ3) is 2.32. The summed E-state index contributed by atoms with van der Waals surface area (Å²) in [6, 6.07) is 5.72. The van der Waals surface area contributed by atoms with Crippen molar-refractivity contribution in [1.82, 2.24) is 25.5 Å². The molecular formula is C12H14N6O. The molecule has 1 aromatic carbocycles. The number of aryl methyl sites for hydroxylation is 1. The van der Waals surface area contributed by atoms with Crippen LogP contribution in [0.2, 0.25) is 0 Å². The van der Waals surface area contributed by atoms with Crippen molar-refractivity contribution in [3.63, 3.8) is 0 Å². The zero-order valence-corrected chi connectivity index (χ0v) is 10.5. The minimum absolute atomic E-state index is 0.0516. The number of hydrogen-bond donors (Lipinski definition) is 2. The average molecular weight is 258 g/mol. The number of nitrogens with one attached hydrogen (secondary N) is 2. The second kappa shape index (κ2) is 4.77. The summed E-state index contributed by atoms with van der Waals surface area (Å²) in [5, 5.41) is 17.1. The minimum Gasteiger partial charge on any atom is -0.325 e. The molecule has 0 aliphatic carbocycles. The minimum atomic E-state index is 0.0516. The maximum Gasteiger partial charge on any atom is 0.230 e. The number of aromatic nitrogens is 4. The molecule has 1 fully saturated rings. The van der Waals surface area contributed by atoms with Crippen molar-refractivity contribution < 1.29 is 4.79 Å². The molecule has 0 radical (unpaired) electrons. The van der Waals surface area contributed by atoms with Crippen molar-refractivity contribution in [2.45, 2.75) is 6.92 Å². The summed E-state index contributed by atoms with van der Waals surface area (Å²) >= 11 is 0. The number of amides is 1. The molecule has 19 heavy (non-hydrogen) atoms. The molecule has 0 unspecified atom stereocenters. The van der Waals surface area contributed by atoms with E-state index in [1.54, 1.807) is 4.68 Å². The van der Waals surface area contributed by atoms with E-state index in [1.807, 2.05) is 25.1 Å². The third-order valence-electron chi connectivity index (χ3n) is 3.24. The van der Waals surface area contributed by atoms with Crippen LogP contribution < -0.4 is 10.6 Å². The summed E-state index contributed by atoms with van der Waals surface area (Å²) in [4.78, 5) is 11.9. The third-order valence-corrected chi connectivity index (χ3v) is 3.24. The lowest BCUT2D eigenvalue weighted by Gasteiger charge is -2.26. The summed E-state index contributed by atoms with van der Waals surface area (Å²) in [7, 11) is 0. The zero-order chi connectivity index (χ0) is 13.2. The van der Waals surface area contributed by atoms with Gasteiger partial charge in [-0.15, -0.1) is 5.10 Å². The lowest BCUT2D eigenvalue weighted by atomic mass is 10.0. The van der Waals surface area contributed by atoms with Crippen LogP contribution in [-0.4, -0.2) is 39.2 Å². The topological polar surface area (TPSA) is 84.7 Å². The molecule has 98 valence electrons. The van der Waals surface area contributed by atoms with Gasteiger partial charge in [0.05, 0.1) is 11.6 Å². The summed E-state index contributed by atoms with van der Waals surface area (Å²) in [5.74, 6) is 0.117. The van der Waals surface area contributed by atoms with Gasteiger partial charge in [0.25, 0.3) is 0 Å². The van der Waals surface area contributed by atoms with Crippen molar-refractivity contribution in [3.8, 4) is 5.69 Å². The smallest absolute Gasteiger partial charge is 0.230 e. The lowest BCUT2D eigenvalue weighted by Crippen LogP contribution is -2.48. The van der Waals surface area contributed by atoms with Gasteiger partial charge in [0.1, 0.15) is 6.33 Å². The molecule has 0 spiro atoms. The number of carbonyl (C=O) groups excluding carboxylic acids is 1. The van der Waals surface area contributed by atoms with Crippen LogP contribution in [0.3, 0.4) is 0 Å². The van der Waals surface area contributed by atoms with Gasteiger partial charge in [0.15, 0.2) is 0 Å². The molecule has 1 aliphatic rings. The first-order chi connectivity index (χ1) is 9.24. The van der Waals surface area contributed by atoms with Crippen molar-refractivity contribution in [3.05, 3.63) is 30.1 Å². The van der Waals surface area contributed by atoms with Gasteiger partial charge in [-0.3, -0.25) is 4.79 Å². The molecule has 3 rings (SSSR count). The maximum atomic E-state index is 11.9. The van der Waals surface area contributed by atoms with E-state index >= 15 is 0 Å². The largest absolute Gasteiger partial charge is 0.325 e. The Balaban J connectivity index is 1.83. The van der Waals surface area contributed by atoms with Crippen LogP contribution in [0.25, 0.3) is 5.69 Å². The SMILES string of the molecule is Cc1ccc(-n2cnnn2)cc1NC(=O)C1CNC1. The fourth-order valence-electron chi connectivity index (χ4n) is 1.88. The Morgan fingerprint density at radius 1 is 1.47 bits per heavy atom. The second-order valence-corrected chi connectivity index (χ2v) is 4.60. The van der Waals surface area contributed by atoms with E-state index in [4.69, 9.17) is 0 Å². The fraction of sp³-hybridized carbons (Fsp3) is 0.333. The van der Waals surface area contributed by atoms with Crippen LogP contribution in [0.15, 0.2) is 24.5 Å². The highest BCUT2D eigenvalue weighted by Gasteiger charge is 2.25. The van der Waals surface area contributed by atoms with E-state index < -0.39 is 0 Å². The Morgan fingerprint density at radius 3 is 2.95 bits per heavy atom. The molecule has 1 amide bonds. The molecule has 1 aliphatic heterocycles. The van der Waals surface area contributed by atoms with Crippen LogP contribution in [0.1, 0.15) is 5.56 Å². The number of rotatable bonds is 3. The summed E-state index contributed by atoms with van der Waals surface area (Å²) in [6.45, 7) is 3.45. The number of hydrogen-bond acceptors (Lipinski definition) is 5. The first-order valence-electron chi connectivity index (χ1n) is 6.09. The highest BCUT2D eigenvalue weighted by molar-refractivity contribution is 5.94. The van der Waals surface area contributed by atoms with Gasteiger partial charge in [-0.25, -0.2) is 4.68 Å². The highest BCUT2D eigenvalue weighted by atomic mass is 16.2. The van der Waals surface area contributed by atoms with Crippen LogP contribution in [0.4, 0.5) is 5.69 Å². The number of anilines is 1. The molecule has 0 bridgehead atoms. The fourth-order valence-corrected chi connectivity index (χ4v) is 1.88. The Kier molecular flexibility index (Phi) is 2.96. The van der Waals surface area contributed by atoms with Crippen LogP contribution in [0, 0.1) is 12.8 Å². The number of nitrogens with zero attached hydrogens (tertiary/aromatic N) is 4. The van der Waals surface area contributed by atoms with E-state index in [0.29, 0.717) is 0 Å². The Labute approximate surface area is 110 Å². The molecule has 2 heterocycles. The molecule has 2 aromatic rings. The first-order valence-corrected chi connectivity index (χ1v) is 6.09. The van der Waals surface area contributed by atoms with Crippen LogP contribution in [-0.2, 0) is 4.79 Å². The van der Waals surface area contributed by atoms with Gasteiger partial charge >= 0.3 is 0 Å². The Hall–Kier alpha value is -2.28. The molecule has 1 aromatic heterocycles. The maximum absolute atomic E-state index is 11.9. The second-order valence-electron chi connectivity index (χ2n) is 4.60. The monoisotopic (exact) mass is 258 g/mol. The molecule has 0 atom stereocenters. The Bertz CT molecular complexity index is 590. The Morgan fingerprint density at radius 2 is 2.32 bits per heavy atom. The van der Waals surface area contributed by atoms with Gasteiger partial charge in [-0.1, -0.05) is 6.07 Å². The molecule has 1 saturated heterocycles. The van der Waals surface area contributed by atoms with Gasteiger partial charge in [0, 0.05) is 18.8 Å². The van der Waals surface area contributed by atoms with Crippen molar-refractivity contribution in [2.75, 3.05) is 18.4 Å². The quantitative estimate of drug-likeness (QED) is 0.817. The summed E-state index contributed by atoms with van der Waals surface area (Å²) in [6.07, 6.45) is 1.52. The van der Waals surface area contributed by atoms with Gasteiger partial charge < -0.3 is 10.6 Å².